The molecule has 1 aromatic carbocycles. The van der Waals surface area contributed by atoms with Crippen LogP contribution in [0.2, 0.25) is 0 Å². The first kappa shape index (κ1) is 16.8. The summed E-state index contributed by atoms with van der Waals surface area (Å²) in [5.41, 5.74) is 2.14. The minimum Gasteiger partial charge on any atom is -0.497 e. The van der Waals surface area contributed by atoms with Crippen molar-refractivity contribution >= 4 is 11.8 Å². The lowest BCUT2D eigenvalue weighted by molar-refractivity contribution is -0.132. The number of methoxy groups -OCH3 is 1. The summed E-state index contributed by atoms with van der Waals surface area (Å²) in [7, 11) is 3.68. The van der Waals surface area contributed by atoms with E-state index in [1.54, 1.807) is 7.11 Å². The van der Waals surface area contributed by atoms with E-state index >= 15 is 0 Å². The lowest BCUT2D eigenvalue weighted by Crippen LogP contribution is -2.58. The molecule has 1 N–H and O–H groups in total. The molecule has 0 bridgehead atoms. The monoisotopic (exact) mass is 331 g/mol. The van der Waals surface area contributed by atoms with Crippen molar-refractivity contribution in [2.45, 2.75) is 25.9 Å². The van der Waals surface area contributed by atoms with Crippen molar-refractivity contribution in [1.82, 2.24) is 15.1 Å². The predicted octanol–water partition coefficient (Wildman–Crippen LogP) is 0.782. The first-order valence-corrected chi connectivity index (χ1v) is 8.37. The Hall–Kier alpha value is -2.08. The van der Waals surface area contributed by atoms with Crippen molar-refractivity contribution in [2.75, 3.05) is 33.8 Å². The summed E-state index contributed by atoms with van der Waals surface area (Å²) in [4.78, 5) is 28.6. The van der Waals surface area contributed by atoms with Crippen LogP contribution in [-0.4, -0.2) is 61.4 Å². The van der Waals surface area contributed by atoms with E-state index in [2.05, 4.69) is 10.2 Å². The number of nitrogens with one attached hydrogen (secondary N) is 1. The van der Waals surface area contributed by atoms with Crippen molar-refractivity contribution in [2.24, 2.45) is 5.92 Å². The van der Waals surface area contributed by atoms with E-state index in [0.717, 1.165) is 30.0 Å². The maximum absolute atomic E-state index is 12.4. The molecule has 3 rings (SSSR count). The highest BCUT2D eigenvalue weighted by Gasteiger charge is 2.41. The molecular formula is C18H25N3O3. The molecule has 1 unspecified atom stereocenters. The number of nitrogens with zero attached hydrogens (tertiary/aromatic N) is 2. The van der Waals surface area contributed by atoms with Gasteiger partial charge in [0.25, 0.3) is 0 Å². The summed E-state index contributed by atoms with van der Waals surface area (Å²) in [6.07, 6.45) is 0.327. The van der Waals surface area contributed by atoms with E-state index in [-0.39, 0.29) is 23.8 Å². The number of amides is 2. The molecule has 0 saturated carbocycles. The quantitative estimate of drug-likeness (QED) is 0.866. The van der Waals surface area contributed by atoms with Crippen LogP contribution >= 0.6 is 0 Å². The third-order valence-corrected chi connectivity index (χ3v) is 5.02. The van der Waals surface area contributed by atoms with E-state index in [0.29, 0.717) is 19.5 Å². The minimum atomic E-state index is -0.234. The molecule has 130 valence electrons. The number of aryl methyl sites for hydroxylation is 1. The maximum Gasteiger partial charge on any atom is 0.225 e. The molecule has 6 heteroatoms. The second-order valence-electron chi connectivity index (χ2n) is 6.83. The molecule has 0 spiro atoms. The summed E-state index contributed by atoms with van der Waals surface area (Å²) in [6, 6.07) is 6.09. The number of rotatable bonds is 5. The molecule has 1 atom stereocenters. The van der Waals surface area contributed by atoms with Crippen LogP contribution in [0.25, 0.3) is 0 Å². The third kappa shape index (κ3) is 3.38. The Balaban J connectivity index is 1.53. The Bertz CT molecular complexity index is 640. The zero-order valence-electron chi connectivity index (χ0n) is 14.5. The Morgan fingerprint density at radius 3 is 2.71 bits per heavy atom. The number of benzene rings is 1. The van der Waals surface area contributed by atoms with Crippen LogP contribution in [0.4, 0.5) is 0 Å². The Labute approximate surface area is 142 Å². The number of carbonyl (C=O) groups is 2. The molecule has 6 nitrogen and oxygen atoms in total. The molecule has 2 aliphatic heterocycles. The van der Waals surface area contributed by atoms with Gasteiger partial charge in [0.2, 0.25) is 11.8 Å². The van der Waals surface area contributed by atoms with E-state index in [1.807, 2.05) is 37.1 Å². The van der Waals surface area contributed by atoms with E-state index in [9.17, 15) is 9.59 Å². The third-order valence-electron chi connectivity index (χ3n) is 5.02. The fraction of sp³-hybridized carbons (Fsp3) is 0.556. The second kappa shape index (κ2) is 6.81. The van der Waals surface area contributed by atoms with Crippen molar-refractivity contribution in [1.29, 1.82) is 0 Å². The number of hydrogen-bond acceptors (Lipinski definition) is 4. The fourth-order valence-corrected chi connectivity index (χ4v) is 3.44. The van der Waals surface area contributed by atoms with Gasteiger partial charge in [-0.2, -0.15) is 0 Å². The van der Waals surface area contributed by atoms with Crippen molar-refractivity contribution in [3.63, 3.8) is 0 Å². The summed E-state index contributed by atoms with van der Waals surface area (Å²) in [6.45, 7) is 4.84. The first-order valence-electron chi connectivity index (χ1n) is 8.37. The highest BCUT2D eigenvalue weighted by Crippen LogP contribution is 2.24. The molecular weight excluding hydrogens is 306 g/mol. The predicted molar refractivity (Wildman–Crippen MR) is 90.7 cm³/mol. The molecule has 0 aliphatic carbocycles. The van der Waals surface area contributed by atoms with Crippen LogP contribution in [0.5, 0.6) is 5.75 Å². The number of hydrogen-bond donors (Lipinski definition) is 1. The minimum absolute atomic E-state index is 0.0336. The van der Waals surface area contributed by atoms with Gasteiger partial charge in [0, 0.05) is 32.6 Å². The topological polar surface area (TPSA) is 61.9 Å². The summed E-state index contributed by atoms with van der Waals surface area (Å²) < 4.78 is 5.19. The van der Waals surface area contributed by atoms with E-state index in [4.69, 9.17) is 4.74 Å². The van der Waals surface area contributed by atoms with Gasteiger partial charge in [-0.05, 0) is 37.2 Å². The maximum atomic E-state index is 12.4. The average Bonchev–Trinajstić information content (AvgIpc) is 2.91. The zero-order valence-corrected chi connectivity index (χ0v) is 14.5. The zero-order chi connectivity index (χ0) is 17.3. The molecule has 2 amide bonds. The number of likely N-dealkylation sites (N-methyl/N-ethyl adjacent to an activating group) is 1. The highest BCUT2D eigenvalue weighted by molar-refractivity contribution is 5.89. The summed E-state index contributed by atoms with van der Waals surface area (Å²) in [5, 5.41) is 2.97. The van der Waals surface area contributed by atoms with Gasteiger partial charge in [0.1, 0.15) is 5.75 Å². The van der Waals surface area contributed by atoms with Gasteiger partial charge < -0.3 is 19.9 Å². The average molecular weight is 331 g/mol. The van der Waals surface area contributed by atoms with Crippen molar-refractivity contribution in [3.05, 3.63) is 29.3 Å². The van der Waals surface area contributed by atoms with Gasteiger partial charge >= 0.3 is 0 Å². The van der Waals surface area contributed by atoms with E-state index in [1.165, 1.54) is 0 Å². The summed E-state index contributed by atoms with van der Waals surface area (Å²) in [5.74, 6) is 0.648. The molecule has 1 aromatic rings. The number of carbonyl (C=O) groups excluding carboxylic acids is 2. The molecule has 2 aliphatic rings. The normalized spacial score (nSPS) is 21.7. The Kier molecular flexibility index (Phi) is 4.76. The Morgan fingerprint density at radius 1 is 1.33 bits per heavy atom. The lowest BCUT2D eigenvalue weighted by atomic mass is 10.1. The van der Waals surface area contributed by atoms with Gasteiger partial charge in [0.05, 0.1) is 19.1 Å². The van der Waals surface area contributed by atoms with Crippen molar-refractivity contribution in [3.8, 4) is 5.75 Å². The largest absolute Gasteiger partial charge is 0.497 e. The van der Waals surface area contributed by atoms with Gasteiger partial charge in [0.15, 0.2) is 0 Å². The first-order chi connectivity index (χ1) is 11.5. The van der Waals surface area contributed by atoms with Crippen LogP contribution in [0.3, 0.4) is 0 Å². The fourth-order valence-electron chi connectivity index (χ4n) is 3.44. The van der Waals surface area contributed by atoms with Crippen LogP contribution in [-0.2, 0) is 16.1 Å². The highest BCUT2D eigenvalue weighted by atomic mass is 16.5. The van der Waals surface area contributed by atoms with Gasteiger partial charge in [-0.1, -0.05) is 6.07 Å². The molecule has 2 heterocycles. The van der Waals surface area contributed by atoms with Crippen LogP contribution in [0.1, 0.15) is 17.5 Å². The molecule has 0 aromatic heterocycles. The molecule has 24 heavy (non-hydrogen) atoms. The Morgan fingerprint density at radius 2 is 2.08 bits per heavy atom. The van der Waals surface area contributed by atoms with Gasteiger partial charge in [-0.25, -0.2) is 0 Å². The lowest BCUT2D eigenvalue weighted by Gasteiger charge is -2.42. The smallest absolute Gasteiger partial charge is 0.225 e. The molecule has 0 radical (unpaired) electrons. The standard InChI is InChI=1S/C18H25N3O3/c1-12-6-16(24-3)5-4-13(12)8-19-18(23)14-7-17(22)21(9-14)15-10-20(2)11-15/h4-6,14-15H,7-11H2,1-3H3,(H,19,23). The number of ether oxygens (including phenoxy) is 1. The summed E-state index contributed by atoms with van der Waals surface area (Å²) >= 11 is 0. The SMILES string of the molecule is COc1ccc(CNC(=O)C2CC(=O)N(C3CN(C)C3)C2)c(C)c1. The van der Waals surface area contributed by atoms with Crippen LogP contribution < -0.4 is 10.1 Å². The van der Waals surface area contributed by atoms with Gasteiger partial charge in [-0.15, -0.1) is 0 Å². The van der Waals surface area contributed by atoms with Crippen LogP contribution in [0.15, 0.2) is 18.2 Å². The van der Waals surface area contributed by atoms with Crippen molar-refractivity contribution < 1.29 is 14.3 Å². The molecule has 2 saturated heterocycles. The van der Waals surface area contributed by atoms with Gasteiger partial charge in [-0.3, -0.25) is 9.59 Å². The van der Waals surface area contributed by atoms with E-state index < -0.39 is 0 Å². The number of likely N-dealkylation sites (tertiary alicyclic amines) is 2. The van der Waals surface area contributed by atoms with Crippen LogP contribution in [0, 0.1) is 12.8 Å². The molecule has 2 fully saturated rings. The second-order valence-corrected chi connectivity index (χ2v) is 6.83.